The van der Waals surface area contributed by atoms with Crippen LogP contribution in [0.15, 0.2) is 77.8 Å². The summed E-state index contributed by atoms with van der Waals surface area (Å²) in [6, 6.07) is 19.1. The fourth-order valence-corrected chi connectivity index (χ4v) is 5.20. The molecule has 0 radical (unpaired) electrons. The normalized spacial score (nSPS) is 13.0. The van der Waals surface area contributed by atoms with Gasteiger partial charge in [-0.05, 0) is 66.4 Å². The molecule has 4 rings (SSSR count). The van der Waals surface area contributed by atoms with Crippen LogP contribution in [0.25, 0.3) is 21.7 Å². The third kappa shape index (κ3) is 4.27. The number of benzene rings is 2. The van der Waals surface area contributed by atoms with Crippen molar-refractivity contribution in [3.63, 3.8) is 0 Å². The maximum Gasteiger partial charge on any atom is 0.138 e. The molecule has 4 aromatic rings. The standard InChI is InChI=1S/C23H20FN3OS2/c1-3-21-26-22(16-9-11-18(24)12-10-16)23(29-21)17-13-14-25-20(15-17)27-30(2,28)19-7-5-4-6-8-19/h4-15H,2-3H2,1H3,(H,25,27,28). The van der Waals surface area contributed by atoms with E-state index in [1.54, 1.807) is 41.8 Å². The summed E-state index contributed by atoms with van der Waals surface area (Å²) in [5.41, 5.74) is 2.54. The summed E-state index contributed by atoms with van der Waals surface area (Å²) in [4.78, 5) is 10.6. The molecule has 0 aliphatic heterocycles. The van der Waals surface area contributed by atoms with Gasteiger partial charge in [0.05, 0.1) is 25.3 Å². The highest BCUT2D eigenvalue weighted by Crippen LogP contribution is 2.37. The molecule has 7 heteroatoms. The van der Waals surface area contributed by atoms with Crippen LogP contribution in [0, 0.1) is 5.82 Å². The molecule has 152 valence electrons. The van der Waals surface area contributed by atoms with E-state index in [9.17, 15) is 8.60 Å². The molecule has 2 aromatic carbocycles. The van der Waals surface area contributed by atoms with Gasteiger partial charge in [0.15, 0.2) is 0 Å². The molecule has 0 spiro atoms. The number of hydrogen-bond acceptors (Lipinski definition) is 4. The van der Waals surface area contributed by atoms with E-state index in [-0.39, 0.29) is 5.82 Å². The van der Waals surface area contributed by atoms with Crippen molar-refractivity contribution in [2.75, 3.05) is 4.72 Å². The van der Waals surface area contributed by atoms with E-state index in [2.05, 4.69) is 15.6 Å². The Morgan fingerprint density at radius 1 is 1.07 bits per heavy atom. The first-order valence-electron chi connectivity index (χ1n) is 9.38. The number of aromatic nitrogens is 2. The Labute approximate surface area is 179 Å². The monoisotopic (exact) mass is 437 g/mol. The van der Waals surface area contributed by atoms with Crippen molar-refractivity contribution in [2.45, 2.75) is 18.2 Å². The Hall–Kier alpha value is -3.03. The summed E-state index contributed by atoms with van der Waals surface area (Å²) in [5.74, 6) is 4.04. The minimum absolute atomic E-state index is 0.284. The topological polar surface area (TPSA) is 54.9 Å². The number of anilines is 1. The molecular formula is C23H20FN3OS2. The van der Waals surface area contributed by atoms with Gasteiger partial charge in [0.2, 0.25) is 0 Å². The predicted octanol–water partition coefficient (Wildman–Crippen LogP) is 5.68. The molecule has 2 heterocycles. The van der Waals surface area contributed by atoms with E-state index in [4.69, 9.17) is 4.98 Å². The van der Waals surface area contributed by atoms with Crippen molar-refractivity contribution in [1.29, 1.82) is 0 Å². The molecule has 0 bridgehead atoms. The van der Waals surface area contributed by atoms with Crippen molar-refractivity contribution >= 4 is 32.7 Å². The number of nitrogens with one attached hydrogen (secondary N) is 1. The Balaban J connectivity index is 1.72. The molecule has 0 saturated heterocycles. The lowest BCUT2D eigenvalue weighted by molar-refractivity contribution is 0.628. The number of hydrogen-bond donors (Lipinski definition) is 1. The highest BCUT2D eigenvalue weighted by atomic mass is 32.2. The SMILES string of the molecule is C=S(=O)(Nc1cc(-c2sc(CC)nc2-c2ccc(F)cc2)ccn1)c1ccccc1. The van der Waals surface area contributed by atoms with Gasteiger partial charge < -0.3 is 0 Å². The molecule has 0 saturated carbocycles. The average molecular weight is 438 g/mol. The summed E-state index contributed by atoms with van der Waals surface area (Å²) in [6.07, 6.45) is 2.47. The molecule has 2 aromatic heterocycles. The van der Waals surface area contributed by atoms with E-state index in [1.165, 1.54) is 12.1 Å². The molecule has 1 N–H and O–H groups in total. The minimum atomic E-state index is -2.75. The largest absolute Gasteiger partial charge is 0.294 e. The van der Waals surface area contributed by atoms with Crippen LogP contribution in [-0.4, -0.2) is 20.0 Å². The van der Waals surface area contributed by atoms with Crippen LogP contribution in [0.2, 0.25) is 0 Å². The molecule has 1 atom stereocenters. The number of halogens is 1. The maximum absolute atomic E-state index is 13.4. The van der Waals surface area contributed by atoms with E-state index in [1.807, 2.05) is 37.3 Å². The summed E-state index contributed by atoms with van der Waals surface area (Å²) < 4.78 is 29.4. The fourth-order valence-electron chi connectivity index (χ4n) is 3.01. The van der Waals surface area contributed by atoms with Crippen LogP contribution in [0.3, 0.4) is 0 Å². The maximum atomic E-state index is 13.4. The van der Waals surface area contributed by atoms with Gasteiger partial charge in [-0.15, -0.1) is 11.3 Å². The van der Waals surface area contributed by atoms with E-state index < -0.39 is 9.71 Å². The third-order valence-electron chi connectivity index (χ3n) is 4.51. The first-order chi connectivity index (χ1) is 14.5. The number of rotatable bonds is 6. The van der Waals surface area contributed by atoms with Crippen molar-refractivity contribution in [3.8, 4) is 21.7 Å². The molecule has 1 unspecified atom stereocenters. The quantitative estimate of drug-likeness (QED) is 0.395. The number of pyridine rings is 1. The molecule has 0 fully saturated rings. The van der Waals surface area contributed by atoms with Crippen molar-refractivity contribution < 1.29 is 8.60 Å². The van der Waals surface area contributed by atoms with E-state index in [0.29, 0.717) is 10.7 Å². The lowest BCUT2D eigenvalue weighted by Gasteiger charge is -2.13. The van der Waals surface area contributed by atoms with Crippen LogP contribution in [0.1, 0.15) is 11.9 Å². The van der Waals surface area contributed by atoms with Gasteiger partial charge in [-0.3, -0.25) is 4.72 Å². The molecule has 30 heavy (non-hydrogen) atoms. The molecule has 0 aliphatic rings. The second kappa shape index (κ2) is 8.38. The summed E-state index contributed by atoms with van der Waals surface area (Å²) in [7, 11) is -2.75. The van der Waals surface area contributed by atoms with Gasteiger partial charge >= 0.3 is 0 Å². The van der Waals surface area contributed by atoms with Gasteiger partial charge in [0.25, 0.3) is 0 Å². The van der Waals surface area contributed by atoms with Gasteiger partial charge in [0, 0.05) is 16.7 Å². The summed E-state index contributed by atoms with van der Waals surface area (Å²) in [5, 5.41) is 0.987. The summed E-state index contributed by atoms with van der Waals surface area (Å²) in [6.45, 7) is 2.05. The Morgan fingerprint density at radius 3 is 2.50 bits per heavy atom. The predicted molar refractivity (Wildman–Crippen MR) is 124 cm³/mol. The number of nitrogens with zero attached hydrogens (tertiary/aromatic N) is 2. The molecule has 0 aliphatic carbocycles. The van der Waals surface area contributed by atoms with Crippen molar-refractivity contribution in [3.05, 3.63) is 83.8 Å². The zero-order chi connectivity index (χ0) is 21.1. The fraction of sp³-hybridized carbons (Fsp3) is 0.0870. The van der Waals surface area contributed by atoms with Crippen LogP contribution in [0.4, 0.5) is 10.2 Å². The molecular weight excluding hydrogens is 417 g/mol. The van der Waals surface area contributed by atoms with E-state index >= 15 is 0 Å². The highest BCUT2D eigenvalue weighted by molar-refractivity contribution is 8.01. The van der Waals surface area contributed by atoms with Crippen LogP contribution >= 0.6 is 11.3 Å². The van der Waals surface area contributed by atoms with E-state index in [0.717, 1.165) is 33.1 Å². The smallest absolute Gasteiger partial charge is 0.138 e. The van der Waals surface area contributed by atoms with Gasteiger partial charge in [-0.25, -0.2) is 18.6 Å². The zero-order valence-electron chi connectivity index (χ0n) is 16.3. The Bertz CT molecular complexity index is 1270. The third-order valence-corrected chi connectivity index (χ3v) is 7.33. The highest BCUT2D eigenvalue weighted by Gasteiger charge is 2.16. The summed E-state index contributed by atoms with van der Waals surface area (Å²) >= 11 is 1.59. The minimum Gasteiger partial charge on any atom is -0.294 e. The average Bonchev–Trinajstić information content (AvgIpc) is 3.19. The number of aryl methyl sites for hydroxylation is 1. The van der Waals surface area contributed by atoms with Crippen LogP contribution in [-0.2, 0) is 16.1 Å². The van der Waals surface area contributed by atoms with Crippen molar-refractivity contribution in [2.24, 2.45) is 0 Å². The number of thiazole rings is 1. The first-order valence-corrected chi connectivity index (χ1v) is 11.9. The molecule has 0 amide bonds. The van der Waals surface area contributed by atoms with Gasteiger partial charge in [-0.1, -0.05) is 25.1 Å². The zero-order valence-corrected chi connectivity index (χ0v) is 18.0. The first kappa shape index (κ1) is 20.3. The lowest BCUT2D eigenvalue weighted by Crippen LogP contribution is -2.13. The van der Waals surface area contributed by atoms with Gasteiger partial charge in [0.1, 0.15) is 11.6 Å². The van der Waals surface area contributed by atoms with Crippen molar-refractivity contribution in [1.82, 2.24) is 9.97 Å². The Kier molecular flexibility index (Phi) is 5.65. The Morgan fingerprint density at radius 2 is 1.80 bits per heavy atom. The van der Waals surface area contributed by atoms with Gasteiger partial charge in [-0.2, -0.15) is 0 Å². The molecule has 4 nitrogen and oxygen atoms in total. The lowest BCUT2D eigenvalue weighted by atomic mass is 10.1. The second-order valence-electron chi connectivity index (χ2n) is 6.67. The van der Waals surface area contributed by atoms with Crippen LogP contribution < -0.4 is 4.72 Å². The second-order valence-corrected chi connectivity index (χ2v) is 9.78. The van der Waals surface area contributed by atoms with Crippen LogP contribution in [0.5, 0.6) is 0 Å².